The molecule has 1 aliphatic rings. The summed E-state index contributed by atoms with van der Waals surface area (Å²) in [7, 11) is 0. The van der Waals surface area contributed by atoms with Crippen LogP contribution in [0.1, 0.15) is 13.8 Å². The Hall–Kier alpha value is -1.24. The smallest absolute Gasteiger partial charge is 0.106 e. The molecule has 0 saturated carbocycles. The van der Waals surface area contributed by atoms with Crippen LogP contribution in [0, 0.1) is 5.92 Å². The minimum Gasteiger partial charge on any atom is -0.494 e. The largest absolute Gasteiger partial charge is 0.494 e. The summed E-state index contributed by atoms with van der Waals surface area (Å²) in [5, 5.41) is 0. The van der Waals surface area contributed by atoms with Gasteiger partial charge in [0.05, 0.1) is 5.76 Å². The molecule has 1 rings (SSSR count). The van der Waals surface area contributed by atoms with Crippen LogP contribution >= 0.6 is 0 Å². The predicted molar refractivity (Wildman–Crippen MR) is 56.3 cm³/mol. The summed E-state index contributed by atoms with van der Waals surface area (Å²) in [6.07, 6.45) is 9.92. The Morgan fingerprint density at radius 2 is 2.15 bits per heavy atom. The molecule has 1 nitrogen and oxygen atoms in total. The van der Waals surface area contributed by atoms with Gasteiger partial charge in [-0.15, -0.1) is 0 Å². The van der Waals surface area contributed by atoms with E-state index in [1.54, 1.807) is 0 Å². The van der Waals surface area contributed by atoms with Crippen molar-refractivity contribution in [2.24, 2.45) is 5.92 Å². The molecule has 0 N–H and O–H groups in total. The standard InChI is InChI=1S/C12H16O/c1-10(2)12-9-11(3)7-5-4-6-8-13-12/h4-7,9-10H,3,8H2,1-2H3/b6-4-,7-5-,12-9-. The molecule has 0 amide bonds. The molecule has 0 aliphatic carbocycles. The zero-order chi connectivity index (χ0) is 9.68. The summed E-state index contributed by atoms with van der Waals surface area (Å²) in [5.41, 5.74) is 0.982. The Morgan fingerprint density at radius 3 is 2.85 bits per heavy atom. The average Bonchev–Trinajstić information content (AvgIpc) is 2.16. The molecule has 0 fully saturated rings. The monoisotopic (exact) mass is 176 g/mol. The van der Waals surface area contributed by atoms with Crippen molar-refractivity contribution in [3.8, 4) is 0 Å². The van der Waals surface area contributed by atoms with Gasteiger partial charge in [0, 0.05) is 5.92 Å². The van der Waals surface area contributed by atoms with E-state index >= 15 is 0 Å². The van der Waals surface area contributed by atoms with E-state index in [0.29, 0.717) is 12.5 Å². The molecule has 70 valence electrons. The molecule has 1 aliphatic heterocycles. The molecule has 0 atom stereocenters. The molecule has 0 aromatic heterocycles. The Labute approximate surface area is 80.1 Å². The van der Waals surface area contributed by atoms with Gasteiger partial charge in [0.15, 0.2) is 0 Å². The molecule has 1 heterocycles. The van der Waals surface area contributed by atoms with E-state index < -0.39 is 0 Å². The Kier molecular flexibility index (Phi) is 3.56. The molecule has 1 heteroatoms. The second-order valence-corrected chi connectivity index (χ2v) is 3.37. The molecule has 0 bridgehead atoms. The average molecular weight is 176 g/mol. The van der Waals surface area contributed by atoms with E-state index in [1.165, 1.54) is 0 Å². The van der Waals surface area contributed by atoms with E-state index in [4.69, 9.17) is 4.74 Å². The van der Waals surface area contributed by atoms with Gasteiger partial charge in [-0.3, -0.25) is 0 Å². The summed E-state index contributed by atoms with van der Waals surface area (Å²) in [6, 6.07) is 0. The van der Waals surface area contributed by atoms with Crippen LogP contribution < -0.4 is 0 Å². The predicted octanol–water partition coefficient (Wildman–Crippen LogP) is 3.23. The highest BCUT2D eigenvalue weighted by Gasteiger charge is 2.03. The zero-order valence-corrected chi connectivity index (χ0v) is 8.29. The van der Waals surface area contributed by atoms with Crippen LogP contribution in [0.5, 0.6) is 0 Å². The number of ether oxygens (including phenoxy) is 1. The van der Waals surface area contributed by atoms with Crippen molar-refractivity contribution in [2.75, 3.05) is 6.61 Å². The molecular formula is C12H16O. The highest BCUT2D eigenvalue weighted by atomic mass is 16.5. The van der Waals surface area contributed by atoms with Crippen LogP contribution in [0.25, 0.3) is 0 Å². The van der Waals surface area contributed by atoms with Gasteiger partial charge in [0.25, 0.3) is 0 Å². The summed E-state index contributed by atoms with van der Waals surface area (Å²) in [4.78, 5) is 0. The van der Waals surface area contributed by atoms with Crippen molar-refractivity contribution in [2.45, 2.75) is 13.8 Å². The topological polar surface area (TPSA) is 9.23 Å². The van der Waals surface area contributed by atoms with Crippen molar-refractivity contribution < 1.29 is 4.74 Å². The number of allylic oxidation sites excluding steroid dienone is 6. The van der Waals surface area contributed by atoms with Gasteiger partial charge < -0.3 is 4.74 Å². The van der Waals surface area contributed by atoms with E-state index in [0.717, 1.165) is 11.3 Å². The first kappa shape index (κ1) is 9.85. The molecule has 0 unspecified atom stereocenters. The maximum absolute atomic E-state index is 5.57. The van der Waals surface area contributed by atoms with Crippen molar-refractivity contribution >= 4 is 0 Å². The Morgan fingerprint density at radius 1 is 1.38 bits per heavy atom. The van der Waals surface area contributed by atoms with Gasteiger partial charge in [-0.05, 0) is 17.7 Å². The molecule has 0 aromatic carbocycles. The lowest BCUT2D eigenvalue weighted by atomic mass is 10.1. The van der Waals surface area contributed by atoms with Crippen molar-refractivity contribution in [3.05, 3.63) is 48.3 Å². The quantitative estimate of drug-likeness (QED) is 0.596. The lowest BCUT2D eigenvalue weighted by Gasteiger charge is -2.11. The molecule has 0 saturated heterocycles. The van der Waals surface area contributed by atoms with Gasteiger partial charge in [0.1, 0.15) is 6.61 Å². The summed E-state index contributed by atoms with van der Waals surface area (Å²) >= 11 is 0. The van der Waals surface area contributed by atoms with Crippen LogP contribution in [0.2, 0.25) is 0 Å². The highest BCUT2D eigenvalue weighted by Crippen LogP contribution is 2.15. The van der Waals surface area contributed by atoms with Crippen molar-refractivity contribution in [3.63, 3.8) is 0 Å². The minimum atomic E-state index is 0.414. The van der Waals surface area contributed by atoms with E-state index in [-0.39, 0.29) is 0 Å². The fourth-order valence-corrected chi connectivity index (χ4v) is 1.06. The first-order valence-corrected chi connectivity index (χ1v) is 4.56. The number of hydrogen-bond donors (Lipinski definition) is 0. The lowest BCUT2D eigenvalue weighted by Crippen LogP contribution is -2.00. The maximum Gasteiger partial charge on any atom is 0.106 e. The van der Waals surface area contributed by atoms with E-state index in [1.807, 2.05) is 30.4 Å². The first-order valence-electron chi connectivity index (χ1n) is 4.56. The summed E-state index contributed by atoms with van der Waals surface area (Å²) in [6.45, 7) is 8.78. The second kappa shape index (κ2) is 4.70. The van der Waals surface area contributed by atoms with Crippen molar-refractivity contribution in [1.82, 2.24) is 0 Å². The maximum atomic E-state index is 5.57. The molecule has 0 radical (unpaired) electrons. The Bertz CT molecular complexity index is 267. The fraction of sp³-hybridized carbons (Fsp3) is 0.333. The minimum absolute atomic E-state index is 0.414. The van der Waals surface area contributed by atoms with Crippen LogP contribution in [0.3, 0.4) is 0 Å². The van der Waals surface area contributed by atoms with Crippen LogP contribution in [-0.2, 0) is 4.74 Å². The molecule has 0 spiro atoms. The summed E-state index contributed by atoms with van der Waals surface area (Å²) < 4.78 is 5.57. The number of rotatable bonds is 1. The van der Waals surface area contributed by atoms with Gasteiger partial charge in [-0.2, -0.15) is 0 Å². The molecule has 0 aromatic rings. The molecule has 13 heavy (non-hydrogen) atoms. The zero-order valence-electron chi connectivity index (χ0n) is 8.29. The normalized spacial score (nSPS) is 26.4. The van der Waals surface area contributed by atoms with E-state index in [2.05, 4.69) is 20.4 Å². The fourth-order valence-electron chi connectivity index (χ4n) is 1.06. The third-order valence-corrected chi connectivity index (χ3v) is 1.80. The van der Waals surface area contributed by atoms with Crippen LogP contribution in [-0.4, -0.2) is 6.61 Å². The molecular weight excluding hydrogens is 160 g/mol. The third-order valence-electron chi connectivity index (χ3n) is 1.80. The third kappa shape index (κ3) is 3.32. The van der Waals surface area contributed by atoms with Crippen molar-refractivity contribution in [1.29, 1.82) is 0 Å². The van der Waals surface area contributed by atoms with Crippen LogP contribution in [0.4, 0.5) is 0 Å². The highest BCUT2D eigenvalue weighted by molar-refractivity contribution is 5.32. The van der Waals surface area contributed by atoms with Gasteiger partial charge in [-0.1, -0.05) is 38.7 Å². The second-order valence-electron chi connectivity index (χ2n) is 3.37. The summed E-state index contributed by atoms with van der Waals surface area (Å²) in [5.74, 6) is 1.41. The SMILES string of the molecule is C=C1/C=C\C=C/CO/C(C(C)C)=C\1. The Balaban J connectivity index is 2.82. The van der Waals surface area contributed by atoms with Gasteiger partial charge in [0.2, 0.25) is 0 Å². The lowest BCUT2D eigenvalue weighted by molar-refractivity contribution is 0.216. The van der Waals surface area contributed by atoms with Crippen LogP contribution in [0.15, 0.2) is 48.3 Å². The first-order chi connectivity index (χ1) is 6.20. The van der Waals surface area contributed by atoms with Gasteiger partial charge in [-0.25, -0.2) is 0 Å². The van der Waals surface area contributed by atoms with Gasteiger partial charge >= 0.3 is 0 Å². The number of hydrogen-bond acceptors (Lipinski definition) is 1. The van der Waals surface area contributed by atoms with E-state index in [9.17, 15) is 0 Å².